The second-order valence-electron chi connectivity index (χ2n) is 10.3. The van der Waals surface area contributed by atoms with Gasteiger partial charge in [0.1, 0.15) is 18.1 Å². The third-order valence-electron chi connectivity index (χ3n) is 7.10. The summed E-state index contributed by atoms with van der Waals surface area (Å²) in [6.07, 6.45) is 6.14. The summed E-state index contributed by atoms with van der Waals surface area (Å²) in [4.78, 5) is 20.3. The van der Waals surface area contributed by atoms with Gasteiger partial charge in [0, 0.05) is 47.7 Å². The van der Waals surface area contributed by atoms with Crippen LogP contribution in [-0.4, -0.2) is 77.6 Å². The maximum Gasteiger partial charge on any atom is 0.248 e. The van der Waals surface area contributed by atoms with Crippen molar-refractivity contribution in [1.29, 1.82) is 0 Å². The Kier molecular flexibility index (Phi) is 12.7. The third kappa shape index (κ3) is 8.70. The zero-order chi connectivity index (χ0) is 29.1. The highest BCUT2D eigenvalue weighted by Crippen LogP contribution is 2.38. The molecule has 3 rings (SSSR count). The van der Waals surface area contributed by atoms with Crippen molar-refractivity contribution in [3.63, 3.8) is 0 Å². The highest BCUT2D eigenvalue weighted by molar-refractivity contribution is 5.89. The van der Waals surface area contributed by atoms with Crippen molar-refractivity contribution in [3.05, 3.63) is 59.2 Å². The van der Waals surface area contributed by atoms with Crippen LogP contribution in [0.25, 0.3) is 16.8 Å². The summed E-state index contributed by atoms with van der Waals surface area (Å²) in [7, 11) is 4.10. The number of aryl methyl sites for hydroxylation is 1. The van der Waals surface area contributed by atoms with Gasteiger partial charge < -0.3 is 14.9 Å². The Morgan fingerprint density at radius 2 is 2.00 bits per heavy atom. The summed E-state index contributed by atoms with van der Waals surface area (Å²) in [5, 5.41) is 17.0. The predicted molar refractivity (Wildman–Crippen MR) is 159 cm³/mol. The standard InChI is InChI=1S/C29H40FN5O2.C2H6/c1-19-7-8-24(25(30)17-19)29-27(21(3)9-13-31-22(4)20(2)10-14-34(5)6)28(32-33-29)23-11-15-35(16-12-23)26(37)18-36;1-2/h7-9,13,17,20,23,36H,4,10-12,14-16,18H2,1-3,5-6H3,(H,32,33);1-2H3/b21-9+,31-13?;. The lowest BCUT2D eigenvalue weighted by atomic mass is 9.87. The number of aliphatic imine (C=N–C) groups is 1. The van der Waals surface area contributed by atoms with E-state index in [2.05, 4.69) is 47.7 Å². The van der Waals surface area contributed by atoms with Crippen LogP contribution in [0.4, 0.5) is 4.39 Å². The fourth-order valence-electron chi connectivity index (χ4n) is 4.65. The number of nitrogens with one attached hydrogen (secondary N) is 1. The average molecular weight is 540 g/mol. The van der Waals surface area contributed by atoms with Crippen LogP contribution in [0, 0.1) is 18.7 Å². The SMILES string of the molecule is C=C(N=C/C=C(\C)c1c(-c2ccc(C)cc2F)n[nH]c1C1CCN(C(=O)CO)CC1)C(C)CCN(C)C.CC. The molecule has 8 heteroatoms. The summed E-state index contributed by atoms with van der Waals surface area (Å²) in [6.45, 7) is 15.7. The number of rotatable bonds is 10. The zero-order valence-electron chi connectivity index (χ0n) is 24.7. The molecule has 2 N–H and O–H groups in total. The van der Waals surface area contributed by atoms with E-state index in [1.54, 1.807) is 17.2 Å². The van der Waals surface area contributed by atoms with Gasteiger partial charge in [0.05, 0.1) is 0 Å². The van der Waals surface area contributed by atoms with Crippen molar-refractivity contribution in [3.8, 4) is 11.3 Å². The van der Waals surface area contributed by atoms with Gasteiger partial charge in [-0.2, -0.15) is 5.10 Å². The van der Waals surface area contributed by atoms with Crippen LogP contribution in [-0.2, 0) is 4.79 Å². The minimum atomic E-state index is -0.475. The number of H-pyrrole nitrogens is 1. The average Bonchev–Trinajstić information content (AvgIpc) is 3.37. The number of aliphatic hydroxyl groups is 1. The Morgan fingerprint density at radius 3 is 2.59 bits per heavy atom. The van der Waals surface area contributed by atoms with E-state index in [1.807, 2.05) is 39.8 Å². The van der Waals surface area contributed by atoms with Crippen molar-refractivity contribution in [1.82, 2.24) is 20.0 Å². The molecule has 0 aliphatic carbocycles. The summed E-state index contributed by atoms with van der Waals surface area (Å²) < 4.78 is 15.0. The molecule has 214 valence electrons. The topological polar surface area (TPSA) is 84.8 Å². The molecular weight excluding hydrogens is 493 g/mol. The number of allylic oxidation sites excluding steroid dienone is 3. The number of aromatic amines is 1. The van der Waals surface area contributed by atoms with Gasteiger partial charge in [-0.1, -0.05) is 33.4 Å². The quantitative estimate of drug-likeness (QED) is 0.373. The number of aromatic nitrogens is 2. The first kappa shape index (κ1) is 32.1. The summed E-state index contributed by atoms with van der Waals surface area (Å²) in [5.74, 6) is -0.167. The summed E-state index contributed by atoms with van der Waals surface area (Å²) >= 11 is 0. The number of carbonyl (C=O) groups is 1. The monoisotopic (exact) mass is 539 g/mol. The highest BCUT2D eigenvalue weighted by atomic mass is 19.1. The van der Waals surface area contributed by atoms with Gasteiger partial charge >= 0.3 is 0 Å². The van der Waals surface area contributed by atoms with Gasteiger partial charge in [0.15, 0.2) is 0 Å². The maximum absolute atomic E-state index is 15.0. The van der Waals surface area contributed by atoms with Crippen LogP contribution < -0.4 is 0 Å². The Morgan fingerprint density at radius 1 is 1.33 bits per heavy atom. The van der Waals surface area contributed by atoms with Crippen molar-refractivity contribution < 1.29 is 14.3 Å². The molecule has 0 radical (unpaired) electrons. The zero-order valence-corrected chi connectivity index (χ0v) is 24.7. The smallest absolute Gasteiger partial charge is 0.248 e. The number of benzene rings is 1. The van der Waals surface area contributed by atoms with Gasteiger partial charge in [0.2, 0.25) is 5.91 Å². The van der Waals surface area contributed by atoms with Crippen LogP contribution in [0.15, 0.2) is 41.5 Å². The first-order chi connectivity index (χ1) is 18.6. The molecule has 2 heterocycles. The molecule has 1 atom stereocenters. The van der Waals surface area contributed by atoms with E-state index in [0.29, 0.717) is 24.3 Å². The molecule has 0 saturated carbocycles. The molecule has 0 bridgehead atoms. The first-order valence-electron chi connectivity index (χ1n) is 13.9. The van der Waals surface area contributed by atoms with Gasteiger partial charge in [-0.3, -0.25) is 14.9 Å². The number of hydrogen-bond acceptors (Lipinski definition) is 5. The molecule has 2 aromatic rings. The molecule has 1 aromatic heterocycles. The number of aliphatic hydroxyl groups excluding tert-OH is 1. The minimum Gasteiger partial charge on any atom is -0.387 e. The summed E-state index contributed by atoms with van der Waals surface area (Å²) in [5.41, 5.74) is 5.41. The molecule has 1 unspecified atom stereocenters. The van der Waals surface area contributed by atoms with Crippen LogP contribution in [0.5, 0.6) is 0 Å². The Balaban J connectivity index is 0.00000260. The van der Waals surface area contributed by atoms with Crippen molar-refractivity contribution in [2.45, 2.75) is 59.8 Å². The van der Waals surface area contributed by atoms with Gasteiger partial charge in [-0.05, 0) is 89.0 Å². The van der Waals surface area contributed by atoms with E-state index in [1.165, 1.54) is 6.07 Å². The first-order valence-corrected chi connectivity index (χ1v) is 13.9. The molecule has 1 aromatic carbocycles. The van der Waals surface area contributed by atoms with Crippen molar-refractivity contribution in [2.24, 2.45) is 10.9 Å². The molecular formula is C31H46FN5O2. The van der Waals surface area contributed by atoms with Gasteiger partial charge in [-0.15, -0.1) is 0 Å². The van der Waals surface area contributed by atoms with Crippen LogP contribution in [0.3, 0.4) is 0 Å². The summed E-state index contributed by atoms with van der Waals surface area (Å²) in [6, 6.07) is 5.17. The number of carbonyl (C=O) groups excluding carboxylic acids is 1. The van der Waals surface area contributed by atoms with Crippen LogP contribution in [0.2, 0.25) is 0 Å². The lowest BCUT2D eigenvalue weighted by Gasteiger charge is -2.31. The highest BCUT2D eigenvalue weighted by Gasteiger charge is 2.29. The molecule has 7 nitrogen and oxygen atoms in total. The Labute approximate surface area is 233 Å². The lowest BCUT2D eigenvalue weighted by Crippen LogP contribution is -2.39. The van der Waals surface area contributed by atoms with Crippen LogP contribution >= 0.6 is 0 Å². The second-order valence-corrected chi connectivity index (χ2v) is 10.3. The number of nitrogens with zero attached hydrogens (tertiary/aromatic N) is 4. The van der Waals surface area contributed by atoms with Gasteiger partial charge in [0.25, 0.3) is 0 Å². The van der Waals surface area contributed by atoms with E-state index in [-0.39, 0.29) is 23.6 Å². The van der Waals surface area contributed by atoms with Crippen molar-refractivity contribution in [2.75, 3.05) is 40.3 Å². The number of halogens is 1. The molecule has 1 aliphatic rings. The van der Waals surface area contributed by atoms with Crippen molar-refractivity contribution >= 4 is 17.7 Å². The Hall–Kier alpha value is -3.10. The molecule has 1 fully saturated rings. The molecule has 1 amide bonds. The molecule has 39 heavy (non-hydrogen) atoms. The molecule has 1 aliphatic heterocycles. The fourth-order valence-corrected chi connectivity index (χ4v) is 4.65. The Bertz CT molecular complexity index is 1160. The molecule has 1 saturated heterocycles. The van der Waals surface area contributed by atoms with Crippen LogP contribution in [0.1, 0.15) is 69.7 Å². The third-order valence-corrected chi connectivity index (χ3v) is 7.10. The maximum atomic E-state index is 15.0. The van der Waals surface area contributed by atoms with Gasteiger partial charge in [-0.25, -0.2) is 4.39 Å². The number of piperidine rings is 1. The number of likely N-dealkylation sites (tertiary alicyclic amines) is 1. The minimum absolute atomic E-state index is 0.133. The van der Waals surface area contributed by atoms with E-state index in [9.17, 15) is 9.90 Å². The predicted octanol–water partition coefficient (Wildman–Crippen LogP) is 5.82. The fraction of sp³-hybridized carbons (Fsp3) is 0.516. The largest absolute Gasteiger partial charge is 0.387 e. The number of hydrogen-bond donors (Lipinski definition) is 2. The van der Waals surface area contributed by atoms with E-state index in [4.69, 9.17) is 0 Å². The van der Waals surface area contributed by atoms with E-state index in [0.717, 1.165) is 53.9 Å². The number of amides is 1. The van der Waals surface area contributed by atoms with E-state index >= 15 is 4.39 Å². The molecule has 0 spiro atoms. The van der Waals surface area contributed by atoms with E-state index < -0.39 is 6.61 Å². The second kappa shape index (κ2) is 15.5. The lowest BCUT2D eigenvalue weighted by molar-refractivity contribution is -0.135. The normalized spacial score (nSPS) is 15.4.